The lowest BCUT2D eigenvalue weighted by Gasteiger charge is -2.20. The van der Waals surface area contributed by atoms with Crippen molar-refractivity contribution in [3.8, 4) is 0 Å². The molecule has 1 aliphatic heterocycles. The molecule has 1 heterocycles. The highest BCUT2D eigenvalue weighted by atomic mass is 15.1. The lowest BCUT2D eigenvalue weighted by atomic mass is 9.95. The quantitative estimate of drug-likeness (QED) is 0.898. The van der Waals surface area contributed by atoms with E-state index in [-0.39, 0.29) is 18.0 Å². The molecule has 2 aliphatic rings. The second-order valence-corrected chi connectivity index (χ2v) is 5.70. The van der Waals surface area contributed by atoms with Gasteiger partial charge in [-0.2, -0.15) is 0 Å². The lowest BCUT2D eigenvalue weighted by Crippen LogP contribution is -2.28. The highest BCUT2D eigenvalue weighted by molar-refractivity contribution is 5.90. The van der Waals surface area contributed by atoms with Gasteiger partial charge in [0.2, 0.25) is 0 Å². The van der Waals surface area contributed by atoms with Gasteiger partial charge in [-0.3, -0.25) is 4.99 Å². The Bertz CT molecular complexity index is 717. The van der Waals surface area contributed by atoms with E-state index in [4.69, 9.17) is 4.99 Å². The zero-order valence-electron chi connectivity index (χ0n) is 12.3. The van der Waals surface area contributed by atoms with Gasteiger partial charge < -0.3 is 5.32 Å². The summed E-state index contributed by atoms with van der Waals surface area (Å²) >= 11 is 0. The van der Waals surface area contributed by atoms with Crippen LogP contribution in [0.4, 0.5) is 0 Å². The van der Waals surface area contributed by atoms with E-state index < -0.39 is 0 Å². The van der Waals surface area contributed by atoms with Crippen molar-refractivity contribution in [1.82, 2.24) is 5.32 Å². The molecule has 0 fully saturated rings. The third-order valence-electron chi connectivity index (χ3n) is 4.26. The van der Waals surface area contributed by atoms with Gasteiger partial charge >= 0.3 is 0 Å². The minimum Gasteiger partial charge on any atom is -0.364 e. The van der Waals surface area contributed by atoms with Crippen molar-refractivity contribution in [2.45, 2.75) is 12.1 Å². The Balaban J connectivity index is 1.72. The average molecular weight is 286 g/mol. The Morgan fingerprint density at radius 3 is 1.95 bits per heavy atom. The van der Waals surface area contributed by atoms with Crippen molar-refractivity contribution in [2.24, 2.45) is 10.9 Å². The molecule has 1 aliphatic carbocycles. The molecule has 0 saturated carbocycles. The van der Waals surface area contributed by atoms with Gasteiger partial charge in [-0.05, 0) is 11.1 Å². The molecule has 0 radical (unpaired) electrons. The minimum absolute atomic E-state index is 0.126. The molecule has 108 valence electrons. The summed E-state index contributed by atoms with van der Waals surface area (Å²) in [5.41, 5.74) is 2.53. The highest BCUT2D eigenvalue weighted by Crippen LogP contribution is 2.37. The van der Waals surface area contributed by atoms with E-state index >= 15 is 0 Å². The van der Waals surface area contributed by atoms with Crippen molar-refractivity contribution in [3.05, 3.63) is 96.1 Å². The van der Waals surface area contributed by atoms with E-state index in [0.29, 0.717) is 0 Å². The van der Waals surface area contributed by atoms with E-state index in [2.05, 4.69) is 90.3 Å². The molecule has 0 saturated heterocycles. The summed E-state index contributed by atoms with van der Waals surface area (Å²) < 4.78 is 0. The van der Waals surface area contributed by atoms with Crippen molar-refractivity contribution >= 4 is 5.84 Å². The van der Waals surface area contributed by atoms with Crippen molar-refractivity contribution in [2.75, 3.05) is 0 Å². The zero-order chi connectivity index (χ0) is 14.8. The molecule has 4 rings (SSSR count). The van der Waals surface area contributed by atoms with Crippen LogP contribution in [0, 0.1) is 5.92 Å². The zero-order valence-corrected chi connectivity index (χ0v) is 12.3. The van der Waals surface area contributed by atoms with Gasteiger partial charge in [0, 0.05) is 0 Å². The van der Waals surface area contributed by atoms with Crippen LogP contribution >= 0.6 is 0 Å². The number of amidine groups is 1. The van der Waals surface area contributed by atoms with Crippen LogP contribution in [-0.4, -0.2) is 5.84 Å². The molecule has 2 unspecified atom stereocenters. The third-order valence-corrected chi connectivity index (χ3v) is 4.26. The molecule has 2 aromatic carbocycles. The number of rotatable bonds is 3. The van der Waals surface area contributed by atoms with Crippen LogP contribution in [0.3, 0.4) is 0 Å². The second kappa shape index (κ2) is 5.64. The first kappa shape index (κ1) is 13.1. The SMILES string of the molecule is C1=CC(C2=NC(c3ccccc3)C(c3ccccc3)N2)C=C1. The van der Waals surface area contributed by atoms with Gasteiger partial charge in [0.05, 0.1) is 12.0 Å². The second-order valence-electron chi connectivity index (χ2n) is 5.70. The Hall–Kier alpha value is -2.61. The first-order valence-corrected chi connectivity index (χ1v) is 7.71. The van der Waals surface area contributed by atoms with Crippen molar-refractivity contribution in [3.63, 3.8) is 0 Å². The van der Waals surface area contributed by atoms with E-state index in [1.807, 2.05) is 0 Å². The number of nitrogens with one attached hydrogen (secondary N) is 1. The number of nitrogens with zero attached hydrogens (tertiary/aromatic N) is 1. The Morgan fingerprint density at radius 2 is 1.32 bits per heavy atom. The van der Waals surface area contributed by atoms with Gasteiger partial charge in [0.25, 0.3) is 0 Å². The minimum atomic E-state index is 0.126. The van der Waals surface area contributed by atoms with Crippen LogP contribution in [0.5, 0.6) is 0 Å². The summed E-state index contributed by atoms with van der Waals surface area (Å²) in [6.07, 6.45) is 8.53. The third kappa shape index (κ3) is 2.37. The summed E-state index contributed by atoms with van der Waals surface area (Å²) in [6, 6.07) is 21.4. The summed E-state index contributed by atoms with van der Waals surface area (Å²) in [4.78, 5) is 5.00. The van der Waals surface area contributed by atoms with Crippen LogP contribution in [-0.2, 0) is 0 Å². The molecule has 2 atom stereocenters. The molecular formula is C20H18N2. The van der Waals surface area contributed by atoms with E-state index in [1.54, 1.807) is 0 Å². The first-order chi connectivity index (χ1) is 10.9. The largest absolute Gasteiger partial charge is 0.364 e. The van der Waals surface area contributed by atoms with E-state index in [0.717, 1.165) is 5.84 Å². The van der Waals surface area contributed by atoms with Crippen LogP contribution in [0.25, 0.3) is 0 Å². The molecular weight excluding hydrogens is 268 g/mol. The molecule has 2 aromatic rings. The van der Waals surface area contributed by atoms with Crippen LogP contribution < -0.4 is 5.32 Å². The Labute approximate surface area is 130 Å². The topological polar surface area (TPSA) is 24.4 Å². The predicted octanol–water partition coefficient (Wildman–Crippen LogP) is 4.21. The monoisotopic (exact) mass is 286 g/mol. The molecule has 1 N–H and O–H groups in total. The smallest absolute Gasteiger partial charge is 0.109 e. The first-order valence-electron chi connectivity index (χ1n) is 7.71. The fourth-order valence-corrected chi connectivity index (χ4v) is 3.14. The van der Waals surface area contributed by atoms with E-state index in [9.17, 15) is 0 Å². The summed E-state index contributed by atoms with van der Waals surface area (Å²) in [5.74, 6) is 1.34. The highest BCUT2D eigenvalue weighted by Gasteiger charge is 2.33. The maximum atomic E-state index is 5.00. The molecule has 2 nitrogen and oxygen atoms in total. The number of benzene rings is 2. The molecule has 0 aromatic heterocycles. The summed E-state index contributed by atoms with van der Waals surface area (Å²) in [6.45, 7) is 0. The normalized spacial score (nSPS) is 23.5. The van der Waals surface area contributed by atoms with Crippen LogP contribution in [0.1, 0.15) is 23.2 Å². The number of hydrogen-bond acceptors (Lipinski definition) is 2. The fourth-order valence-electron chi connectivity index (χ4n) is 3.14. The maximum Gasteiger partial charge on any atom is 0.109 e. The molecule has 2 heteroatoms. The fraction of sp³-hybridized carbons (Fsp3) is 0.150. The van der Waals surface area contributed by atoms with Gasteiger partial charge in [-0.25, -0.2) is 0 Å². The average Bonchev–Trinajstić information content (AvgIpc) is 3.26. The number of allylic oxidation sites excluding steroid dienone is 2. The number of hydrogen-bond donors (Lipinski definition) is 1. The van der Waals surface area contributed by atoms with Gasteiger partial charge in [0.1, 0.15) is 11.9 Å². The Kier molecular flexibility index (Phi) is 3.36. The standard InChI is InChI=1S/C20H18N2/c1-3-9-15(10-4-1)18-19(16-11-5-2-6-12-16)22-20(21-18)17-13-7-8-14-17/h1-14,17-19H,(H,21,22). The van der Waals surface area contributed by atoms with Crippen molar-refractivity contribution < 1.29 is 0 Å². The molecule has 0 spiro atoms. The van der Waals surface area contributed by atoms with Crippen LogP contribution in [0.2, 0.25) is 0 Å². The lowest BCUT2D eigenvalue weighted by molar-refractivity contribution is 0.571. The molecule has 0 amide bonds. The molecule has 0 bridgehead atoms. The van der Waals surface area contributed by atoms with E-state index in [1.165, 1.54) is 11.1 Å². The number of aliphatic imine (C=N–C) groups is 1. The summed E-state index contributed by atoms with van der Waals surface area (Å²) in [5, 5.41) is 3.65. The van der Waals surface area contributed by atoms with Gasteiger partial charge in [-0.1, -0.05) is 85.0 Å². The van der Waals surface area contributed by atoms with Crippen LogP contribution in [0.15, 0.2) is 90.0 Å². The van der Waals surface area contributed by atoms with Gasteiger partial charge in [-0.15, -0.1) is 0 Å². The van der Waals surface area contributed by atoms with Gasteiger partial charge in [0.15, 0.2) is 0 Å². The predicted molar refractivity (Wildman–Crippen MR) is 90.7 cm³/mol. The Morgan fingerprint density at radius 1 is 0.727 bits per heavy atom. The molecule has 22 heavy (non-hydrogen) atoms. The summed E-state index contributed by atoms with van der Waals surface area (Å²) in [7, 11) is 0. The maximum absolute atomic E-state index is 5.00. The van der Waals surface area contributed by atoms with Crippen molar-refractivity contribution in [1.29, 1.82) is 0 Å².